The second kappa shape index (κ2) is 7.29. The third-order valence-corrected chi connectivity index (χ3v) is 5.45. The number of carbonyl (C=O) groups is 1. The molecule has 2 aliphatic rings. The van der Waals surface area contributed by atoms with E-state index in [0.717, 1.165) is 37.3 Å². The number of rotatable bonds is 4. The van der Waals surface area contributed by atoms with Crippen molar-refractivity contribution in [3.63, 3.8) is 0 Å². The highest BCUT2D eigenvalue weighted by Crippen LogP contribution is 2.28. The zero-order chi connectivity index (χ0) is 17.1. The molecule has 134 valence electrons. The molecule has 25 heavy (non-hydrogen) atoms. The van der Waals surface area contributed by atoms with Gasteiger partial charge in [0.15, 0.2) is 0 Å². The molecule has 7 heteroatoms. The number of H-pyrrole nitrogens is 1. The summed E-state index contributed by atoms with van der Waals surface area (Å²) in [6.45, 7) is 2.04. The quantitative estimate of drug-likeness (QED) is 0.897. The fourth-order valence-corrected chi connectivity index (χ4v) is 4.03. The molecule has 0 aromatic carbocycles. The number of likely N-dealkylation sites (tertiary alicyclic amines) is 1. The maximum Gasteiger partial charge on any atom is 0.317 e. The number of amides is 2. The normalized spacial score (nSPS) is 21.6. The molecule has 2 aromatic heterocycles. The van der Waals surface area contributed by atoms with E-state index in [4.69, 9.17) is 0 Å². The van der Waals surface area contributed by atoms with Gasteiger partial charge in [-0.05, 0) is 37.8 Å². The van der Waals surface area contributed by atoms with E-state index in [1.807, 2.05) is 23.2 Å². The lowest BCUT2D eigenvalue weighted by Crippen LogP contribution is -2.44. The average molecular weight is 342 g/mol. The van der Waals surface area contributed by atoms with E-state index < -0.39 is 0 Å². The van der Waals surface area contributed by atoms with Crippen molar-refractivity contribution in [2.75, 3.05) is 13.1 Å². The van der Waals surface area contributed by atoms with Crippen LogP contribution in [0.5, 0.6) is 0 Å². The van der Waals surface area contributed by atoms with E-state index in [-0.39, 0.29) is 6.03 Å². The fraction of sp³-hybridized carbons (Fsp3) is 0.611. The number of urea groups is 1. The molecule has 4 rings (SSSR count). The second-order valence-electron chi connectivity index (χ2n) is 7.18. The molecule has 2 amide bonds. The maximum atomic E-state index is 12.5. The van der Waals surface area contributed by atoms with Crippen LogP contribution < -0.4 is 5.32 Å². The zero-order valence-electron chi connectivity index (χ0n) is 14.5. The Morgan fingerprint density at radius 2 is 2.12 bits per heavy atom. The van der Waals surface area contributed by atoms with Gasteiger partial charge in [0.1, 0.15) is 0 Å². The van der Waals surface area contributed by atoms with Gasteiger partial charge in [0, 0.05) is 37.1 Å². The summed E-state index contributed by atoms with van der Waals surface area (Å²) in [5, 5.41) is 14.7. The molecule has 1 aliphatic heterocycles. The van der Waals surface area contributed by atoms with Crippen LogP contribution in [-0.2, 0) is 6.54 Å². The van der Waals surface area contributed by atoms with Gasteiger partial charge in [-0.25, -0.2) is 4.79 Å². The smallest absolute Gasteiger partial charge is 0.317 e. The number of nitrogens with one attached hydrogen (secondary N) is 2. The van der Waals surface area contributed by atoms with E-state index in [0.29, 0.717) is 18.5 Å². The lowest BCUT2D eigenvalue weighted by atomic mass is 9.95. The van der Waals surface area contributed by atoms with Gasteiger partial charge in [-0.2, -0.15) is 10.2 Å². The molecule has 0 bridgehead atoms. The summed E-state index contributed by atoms with van der Waals surface area (Å²) in [6, 6.07) is 4.56. The highest BCUT2D eigenvalue weighted by molar-refractivity contribution is 5.74. The summed E-state index contributed by atoms with van der Waals surface area (Å²) in [4.78, 5) is 14.4. The molecule has 2 aromatic rings. The average Bonchev–Trinajstić information content (AvgIpc) is 3.42. The molecule has 1 saturated carbocycles. The molecule has 2 N–H and O–H groups in total. The Balaban J connectivity index is 1.29. The summed E-state index contributed by atoms with van der Waals surface area (Å²) in [6.07, 6.45) is 11.0. The summed E-state index contributed by atoms with van der Waals surface area (Å²) in [5.41, 5.74) is 2.05. The van der Waals surface area contributed by atoms with Crippen molar-refractivity contribution in [1.82, 2.24) is 30.2 Å². The predicted octanol–water partition coefficient (Wildman–Crippen LogP) is 2.81. The molecule has 7 nitrogen and oxygen atoms in total. The summed E-state index contributed by atoms with van der Waals surface area (Å²) in [7, 11) is 0. The molecule has 1 saturated heterocycles. The van der Waals surface area contributed by atoms with Crippen molar-refractivity contribution in [3.8, 4) is 0 Å². The fourth-order valence-electron chi connectivity index (χ4n) is 4.03. The molecule has 1 aliphatic carbocycles. The predicted molar refractivity (Wildman–Crippen MR) is 94.1 cm³/mol. The Bertz CT molecular complexity index is 688. The van der Waals surface area contributed by atoms with E-state index in [1.54, 1.807) is 6.20 Å². The lowest BCUT2D eigenvalue weighted by Gasteiger charge is -2.32. The summed E-state index contributed by atoms with van der Waals surface area (Å²) < 4.78 is 2.07. The van der Waals surface area contributed by atoms with Crippen molar-refractivity contribution in [3.05, 3.63) is 35.9 Å². The zero-order valence-corrected chi connectivity index (χ0v) is 14.5. The molecule has 1 atom stereocenters. The highest BCUT2D eigenvalue weighted by atomic mass is 16.2. The molecular formula is C18H26N6O. The van der Waals surface area contributed by atoms with Crippen molar-refractivity contribution in [1.29, 1.82) is 0 Å². The van der Waals surface area contributed by atoms with E-state index >= 15 is 0 Å². The van der Waals surface area contributed by atoms with Crippen LogP contribution in [0.1, 0.15) is 61.9 Å². The topological polar surface area (TPSA) is 78.8 Å². The van der Waals surface area contributed by atoms with Crippen LogP contribution in [0.2, 0.25) is 0 Å². The van der Waals surface area contributed by atoms with Crippen LogP contribution in [0, 0.1) is 0 Å². The molecule has 3 heterocycles. The molecule has 0 radical (unpaired) electrons. The first-order valence-electron chi connectivity index (χ1n) is 9.35. The minimum Gasteiger partial charge on any atom is -0.332 e. The molecular weight excluding hydrogens is 316 g/mol. The Morgan fingerprint density at radius 1 is 1.24 bits per heavy atom. The van der Waals surface area contributed by atoms with Gasteiger partial charge >= 0.3 is 6.03 Å². The molecule has 0 spiro atoms. The number of hydrogen-bond acceptors (Lipinski definition) is 3. The Labute approximate surface area is 147 Å². The van der Waals surface area contributed by atoms with E-state index in [9.17, 15) is 4.79 Å². The Kier molecular flexibility index (Phi) is 4.72. The van der Waals surface area contributed by atoms with Crippen molar-refractivity contribution < 1.29 is 4.79 Å². The number of hydrogen-bond donors (Lipinski definition) is 2. The van der Waals surface area contributed by atoms with Crippen molar-refractivity contribution >= 4 is 6.03 Å². The third-order valence-electron chi connectivity index (χ3n) is 5.45. The minimum atomic E-state index is -0.000341. The molecule has 1 unspecified atom stereocenters. The van der Waals surface area contributed by atoms with Gasteiger partial charge in [-0.3, -0.25) is 9.78 Å². The van der Waals surface area contributed by atoms with Crippen molar-refractivity contribution in [2.45, 2.75) is 57.0 Å². The van der Waals surface area contributed by atoms with Crippen LogP contribution in [-0.4, -0.2) is 44.0 Å². The lowest BCUT2D eigenvalue weighted by molar-refractivity contribution is 0.178. The highest BCUT2D eigenvalue weighted by Gasteiger charge is 2.25. The number of aromatic amines is 1. The Morgan fingerprint density at radius 3 is 2.92 bits per heavy atom. The van der Waals surface area contributed by atoms with Crippen LogP contribution in [0.15, 0.2) is 24.5 Å². The first-order chi connectivity index (χ1) is 12.3. The first kappa shape index (κ1) is 16.2. The monoisotopic (exact) mass is 342 g/mol. The van der Waals surface area contributed by atoms with Gasteiger partial charge in [-0.1, -0.05) is 12.8 Å². The minimum absolute atomic E-state index is 0.000341. The van der Waals surface area contributed by atoms with Gasteiger partial charge in [0.05, 0.1) is 18.3 Å². The van der Waals surface area contributed by atoms with E-state index in [2.05, 4.69) is 25.3 Å². The van der Waals surface area contributed by atoms with Crippen LogP contribution in [0.25, 0.3) is 0 Å². The van der Waals surface area contributed by atoms with Crippen LogP contribution in [0.4, 0.5) is 4.79 Å². The maximum absolute atomic E-state index is 12.5. The van der Waals surface area contributed by atoms with Gasteiger partial charge in [-0.15, -0.1) is 0 Å². The first-order valence-corrected chi connectivity index (χ1v) is 9.35. The largest absolute Gasteiger partial charge is 0.332 e. The number of carbonyl (C=O) groups excluding carboxylic acids is 1. The Hall–Kier alpha value is -2.31. The van der Waals surface area contributed by atoms with E-state index in [1.165, 1.54) is 25.7 Å². The number of piperidine rings is 1. The van der Waals surface area contributed by atoms with Crippen LogP contribution >= 0.6 is 0 Å². The number of aromatic nitrogens is 4. The van der Waals surface area contributed by atoms with Gasteiger partial charge in [0.25, 0.3) is 0 Å². The van der Waals surface area contributed by atoms with Gasteiger partial charge in [0.2, 0.25) is 0 Å². The van der Waals surface area contributed by atoms with Gasteiger partial charge < -0.3 is 10.2 Å². The second-order valence-corrected chi connectivity index (χ2v) is 7.18. The third kappa shape index (κ3) is 3.70. The van der Waals surface area contributed by atoms with Crippen molar-refractivity contribution in [2.24, 2.45) is 0 Å². The summed E-state index contributed by atoms with van der Waals surface area (Å²) in [5.74, 6) is 0.351. The standard InChI is InChI=1S/C18H26N6O/c25-18(23-10-3-4-14(13-23)17-7-9-20-21-17)19-12-15-8-11-24(22-15)16-5-1-2-6-16/h7-9,11,14,16H,1-6,10,12-13H2,(H,19,25)(H,20,21). The number of nitrogens with zero attached hydrogens (tertiary/aromatic N) is 4. The SMILES string of the molecule is O=C(NCc1ccn(C2CCCC2)n1)N1CCCC(c2ccn[nH]2)C1. The molecule has 2 fully saturated rings. The van der Waals surface area contributed by atoms with Crippen LogP contribution in [0.3, 0.4) is 0 Å². The summed E-state index contributed by atoms with van der Waals surface area (Å²) >= 11 is 0.